The zero-order valence-electron chi connectivity index (χ0n) is 14.7. The van der Waals surface area contributed by atoms with Crippen LogP contribution in [0.15, 0.2) is 24.3 Å². The number of para-hydroxylation sites is 2. The van der Waals surface area contributed by atoms with Gasteiger partial charge in [0.15, 0.2) is 18.1 Å². The molecule has 25 heavy (non-hydrogen) atoms. The zero-order chi connectivity index (χ0) is 17.9. The summed E-state index contributed by atoms with van der Waals surface area (Å²) in [6.07, 6.45) is 3.44. The van der Waals surface area contributed by atoms with Crippen molar-refractivity contribution < 1.29 is 19.4 Å². The first kappa shape index (κ1) is 17.6. The molecule has 1 N–H and O–H groups in total. The molecule has 2 saturated heterocycles. The summed E-state index contributed by atoms with van der Waals surface area (Å²) in [5.41, 5.74) is 0.0206. The van der Waals surface area contributed by atoms with E-state index in [1.165, 1.54) is 6.07 Å². The fraction of sp³-hybridized carbons (Fsp3) is 0.579. The molecule has 6 heteroatoms. The fourth-order valence-corrected chi connectivity index (χ4v) is 3.95. The number of carbonyl (C=O) groups is 2. The van der Waals surface area contributed by atoms with Gasteiger partial charge in [0.2, 0.25) is 5.91 Å². The average molecular weight is 346 g/mol. The summed E-state index contributed by atoms with van der Waals surface area (Å²) in [5.74, 6) is 0.513. The zero-order valence-corrected chi connectivity index (χ0v) is 14.7. The number of likely N-dealkylation sites (tertiary alicyclic amines) is 2. The van der Waals surface area contributed by atoms with Crippen molar-refractivity contribution in [3.63, 3.8) is 0 Å². The van der Waals surface area contributed by atoms with Gasteiger partial charge in [-0.2, -0.15) is 0 Å². The number of aromatic hydroxyl groups is 1. The van der Waals surface area contributed by atoms with Gasteiger partial charge in [-0.3, -0.25) is 9.59 Å². The summed E-state index contributed by atoms with van der Waals surface area (Å²) in [5, 5.41) is 9.73. The number of piperidine rings is 2. The van der Waals surface area contributed by atoms with Gasteiger partial charge in [-0.15, -0.1) is 0 Å². The summed E-state index contributed by atoms with van der Waals surface area (Å²) in [6, 6.07) is 6.65. The van der Waals surface area contributed by atoms with Crippen molar-refractivity contribution in [1.29, 1.82) is 0 Å². The van der Waals surface area contributed by atoms with Crippen LogP contribution in [0.1, 0.15) is 32.6 Å². The van der Waals surface area contributed by atoms with Crippen molar-refractivity contribution in [2.75, 3.05) is 32.8 Å². The summed E-state index contributed by atoms with van der Waals surface area (Å²) in [7, 11) is 0. The lowest BCUT2D eigenvalue weighted by Crippen LogP contribution is -2.55. The summed E-state index contributed by atoms with van der Waals surface area (Å²) < 4.78 is 5.48. The van der Waals surface area contributed by atoms with Gasteiger partial charge in [-0.05, 0) is 38.3 Å². The van der Waals surface area contributed by atoms with E-state index in [1.807, 2.05) is 16.7 Å². The van der Waals surface area contributed by atoms with Gasteiger partial charge in [-0.1, -0.05) is 12.1 Å². The van der Waals surface area contributed by atoms with Crippen molar-refractivity contribution in [2.24, 2.45) is 5.41 Å². The highest BCUT2D eigenvalue weighted by atomic mass is 16.5. The maximum atomic E-state index is 12.6. The molecule has 1 spiro atoms. The van der Waals surface area contributed by atoms with Crippen molar-refractivity contribution in [1.82, 2.24) is 9.80 Å². The number of phenolic OH excluding ortho intramolecular Hbond substituents is 1. The number of hydrogen-bond donors (Lipinski definition) is 1. The Morgan fingerprint density at radius 2 is 2.08 bits per heavy atom. The third-order valence-corrected chi connectivity index (χ3v) is 5.36. The van der Waals surface area contributed by atoms with E-state index >= 15 is 0 Å². The predicted molar refractivity (Wildman–Crippen MR) is 93.3 cm³/mol. The monoisotopic (exact) mass is 346 g/mol. The minimum Gasteiger partial charge on any atom is -0.504 e. The molecule has 136 valence electrons. The molecule has 2 heterocycles. The molecule has 1 atom stereocenters. The molecular formula is C19H26N2O4. The van der Waals surface area contributed by atoms with Crippen molar-refractivity contribution in [3.8, 4) is 11.5 Å². The van der Waals surface area contributed by atoms with E-state index in [0.29, 0.717) is 18.7 Å². The van der Waals surface area contributed by atoms with E-state index in [9.17, 15) is 14.7 Å². The van der Waals surface area contributed by atoms with Gasteiger partial charge in [0.25, 0.3) is 5.91 Å². The van der Waals surface area contributed by atoms with E-state index in [4.69, 9.17) is 4.74 Å². The van der Waals surface area contributed by atoms with E-state index in [0.717, 1.165) is 38.9 Å². The lowest BCUT2D eigenvalue weighted by Gasteiger charge is -2.48. The molecule has 1 aromatic carbocycles. The molecule has 0 unspecified atom stereocenters. The van der Waals surface area contributed by atoms with Crippen LogP contribution >= 0.6 is 0 Å². The minimum absolute atomic E-state index is 0.0206. The molecule has 0 aromatic heterocycles. The van der Waals surface area contributed by atoms with Crippen LogP contribution in [-0.4, -0.2) is 59.5 Å². The van der Waals surface area contributed by atoms with E-state index < -0.39 is 0 Å². The number of rotatable bonds is 4. The van der Waals surface area contributed by atoms with Crippen LogP contribution < -0.4 is 4.74 Å². The molecule has 1 aromatic rings. The molecule has 6 nitrogen and oxygen atoms in total. The Hall–Kier alpha value is -2.24. The highest BCUT2D eigenvalue weighted by Crippen LogP contribution is 2.38. The van der Waals surface area contributed by atoms with Gasteiger partial charge in [-0.25, -0.2) is 0 Å². The Morgan fingerprint density at radius 1 is 1.28 bits per heavy atom. The molecule has 0 bridgehead atoms. The van der Waals surface area contributed by atoms with Gasteiger partial charge < -0.3 is 19.6 Å². The van der Waals surface area contributed by atoms with Crippen LogP contribution in [0.2, 0.25) is 0 Å². The maximum absolute atomic E-state index is 12.6. The number of nitrogens with zero attached hydrogens (tertiary/aromatic N) is 2. The van der Waals surface area contributed by atoms with Crippen LogP contribution in [0.5, 0.6) is 11.5 Å². The summed E-state index contributed by atoms with van der Waals surface area (Å²) in [4.78, 5) is 28.3. The van der Waals surface area contributed by atoms with Crippen molar-refractivity contribution in [2.45, 2.75) is 32.6 Å². The second kappa shape index (κ2) is 7.33. The Balaban J connectivity index is 1.60. The van der Waals surface area contributed by atoms with Gasteiger partial charge in [0.05, 0.1) is 0 Å². The van der Waals surface area contributed by atoms with Crippen LogP contribution in [-0.2, 0) is 9.59 Å². The smallest absolute Gasteiger partial charge is 0.260 e. The number of amides is 2. The van der Waals surface area contributed by atoms with Gasteiger partial charge >= 0.3 is 0 Å². The van der Waals surface area contributed by atoms with Gasteiger partial charge in [0, 0.05) is 38.0 Å². The molecule has 2 amide bonds. The summed E-state index contributed by atoms with van der Waals surface area (Å²) >= 11 is 0. The Morgan fingerprint density at radius 3 is 2.84 bits per heavy atom. The van der Waals surface area contributed by atoms with Crippen LogP contribution in [0, 0.1) is 5.41 Å². The number of phenols is 1. The Kier molecular flexibility index (Phi) is 5.16. The number of carbonyl (C=O) groups excluding carboxylic acids is 2. The van der Waals surface area contributed by atoms with Crippen LogP contribution in [0.4, 0.5) is 0 Å². The first-order chi connectivity index (χ1) is 12.0. The molecule has 0 saturated carbocycles. The number of hydrogen-bond acceptors (Lipinski definition) is 4. The molecule has 2 aliphatic rings. The lowest BCUT2D eigenvalue weighted by molar-refractivity contribution is -0.143. The van der Waals surface area contributed by atoms with Gasteiger partial charge in [0.1, 0.15) is 0 Å². The van der Waals surface area contributed by atoms with Crippen molar-refractivity contribution >= 4 is 11.8 Å². The quantitative estimate of drug-likeness (QED) is 0.905. The molecule has 3 rings (SSSR count). The normalized spacial score (nSPS) is 23.8. The maximum Gasteiger partial charge on any atom is 0.260 e. The molecule has 0 radical (unpaired) electrons. The topological polar surface area (TPSA) is 70.1 Å². The Labute approximate surface area is 148 Å². The third-order valence-electron chi connectivity index (χ3n) is 5.36. The summed E-state index contributed by atoms with van der Waals surface area (Å²) in [6.45, 7) is 4.80. The minimum atomic E-state index is -0.0793. The van der Waals surface area contributed by atoms with E-state index in [-0.39, 0.29) is 29.6 Å². The largest absolute Gasteiger partial charge is 0.504 e. The SMILES string of the molecule is CCN1C[C@]2(CCCN(C(=O)COc3ccccc3O)C2)CCC1=O. The number of ether oxygens (including phenoxy) is 1. The van der Waals surface area contributed by atoms with Crippen LogP contribution in [0.3, 0.4) is 0 Å². The first-order valence-electron chi connectivity index (χ1n) is 8.99. The van der Waals surface area contributed by atoms with Crippen molar-refractivity contribution in [3.05, 3.63) is 24.3 Å². The molecule has 0 aliphatic carbocycles. The molecule has 2 fully saturated rings. The first-order valence-corrected chi connectivity index (χ1v) is 8.99. The fourth-order valence-electron chi connectivity index (χ4n) is 3.95. The standard InChI is InChI=1S/C19H26N2O4/c1-2-20-13-19(10-8-17(20)23)9-5-11-21(14-19)18(24)12-25-16-7-4-3-6-15(16)22/h3-4,6-7,22H,2,5,8-14H2,1H3/t19-/m0/s1. The second-order valence-electron chi connectivity index (χ2n) is 7.08. The third kappa shape index (κ3) is 3.89. The van der Waals surface area contributed by atoms with E-state index in [1.54, 1.807) is 18.2 Å². The number of benzene rings is 1. The average Bonchev–Trinajstić information content (AvgIpc) is 2.63. The van der Waals surface area contributed by atoms with Crippen LogP contribution in [0.25, 0.3) is 0 Å². The highest BCUT2D eigenvalue weighted by molar-refractivity contribution is 5.79. The highest BCUT2D eigenvalue weighted by Gasteiger charge is 2.42. The predicted octanol–water partition coefficient (Wildman–Crippen LogP) is 2.02. The van der Waals surface area contributed by atoms with E-state index in [2.05, 4.69) is 0 Å². The second-order valence-corrected chi connectivity index (χ2v) is 7.08. The Bertz CT molecular complexity index is 648. The molecule has 2 aliphatic heterocycles. The molecular weight excluding hydrogens is 320 g/mol. The lowest BCUT2D eigenvalue weighted by atomic mass is 9.73.